The molecule has 0 aliphatic heterocycles. The molecule has 0 radical (unpaired) electrons. The SMILES string of the molecule is CC(=O)O.[N-]=[N+]=NCCCCN. The molecule has 0 rings (SSSR count). The molecule has 0 aliphatic rings. The Morgan fingerprint density at radius 1 is 1.67 bits per heavy atom. The molecule has 0 aromatic heterocycles. The van der Waals surface area contributed by atoms with E-state index >= 15 is 0 Å². The van der Waals surface area contributed by atoms with Crippen LogP contribution in [0, 0.1) is 0 Å². The summed E-state index contributed by atoms with van der Waals surface area (Å²) in [5.74, 6) is -0.833. The van der Waals surface area contributed by atoms with Gasteiger partial charge in [-0.1, -0.05) is 5.11 Å². The van der Waals surface area contributed by atoms with Crippen LogP contribution in [0.2, 0.25) is 0 Å². The number of carboxylic acids is 1. The summed E-state index contributed by atoms with van der Waals surface area (Å²) < 4.78 is 0. The third-order valence-corrected chi connectivity index (χ3v) is 0.775. The van der Waals surface area contributed by atoms with Crippen molar-refractivity contribution < 1.29 is 9.90 Å². The minimum Gasteiger partial charge on any atom is -0.481 e. The molecule has 0 spiro atoms. The van der Waals surface area contributed by atoms with Gasteiger partial charge < -0.3 is 10.8 Å². The molecule has 0 heterocycles. The first-order valence-electron chi connectivity index (χ1n) is 3.55. The van der Waals surface area contributed by atoms with E-state index in [2.05, 4.69) is 10.0 Å². The lowest BCUT2D eigenvalue weighted by Crippen LogP contribution is -1.98. The first-order valence-corrected chi connectivity index (χ1v) is 3.55. The molecule has 0 aliphatic carbocycles. The first-order chi connectivity index (χ1) is 5.65. The number of hydrogen-bond donors (Lipinski definition) is 2. The van der Waals surface area contributed by atoms with Crippen molar-refractivity contribution in [2.24, 2.45) is 10.8 Å². The van der Waals surface area contributed by atoms with Gasteiger partial charge in [0.05, 0.1) is 0 Å². The van der Waals surface area contributed by atoms with Crippen LogP contribution >= 0.6 is 0 Å². The Hall–Kier alpha value is -1.26. The second-order valence-electron chi connectivity index (χ2n) is 1.97. The number of aliphatic carboxylic acids is 1. The zero-order valence-electron chi connectivity index (χ0n) is 7.10. The van der Waals surface area contributed by atoms with E-state index in [1.54, 1.807) is 0 Å². The number of unbranched alkanes of at least 4 members (excludes halogenated alkanes) is 1. The normalized spacial score (nSPS) is 7.50. The van der Waals surface area contributed by atoms with Crippen molar-refractivity contribution in [3.8, 4) is 0 Å². The van der Waals surface area contributed by atoms with Crippen LogP contribution in [-0.4, -0.2) is 24.2 Å². The maximum absolute atomic E-state index is 9.00. The molecule has 6 heteroatoms. The van der Waals surface area contributed by atoms with Crippen molar-refractivity contribution in [3.05, 3.63) is 10.4 Å². The van der Waals surface area contributed by atoms with Gasteiger partial charge in [0, 0.05) is 18.4 Å². The van der Waals surface area contributed by atoms with Crippen molar-refractivity contribution in [2.75, 3.05) is 13.1 Å². The van der Waals surface area contributed by atoms with Crippen molar-refractivity contribution in [3.63, 3.8) is 0 Å². The highest BCUT2D eigenvalue weighted by Gasteiger charge is 1.79. The lowest BCUT2D eigenvalue weighted by atomic mass is 10.3. The molecule has 70 valence electrons. The maximum atomic E-state index is 9.00. The minimum atomic E-state index is -0.833. The smallest absolute Gasteiger partial charge is 0.300 e. The van der Waals surface area contributed by atoms with Gasteiger partial charge in [-0.05, 0) is 24.9 Å². The topological polar surface area (TPSA) is 112 Å². The van der Waals surface area contributed by atoms with Crippen LogP contribution in [0.15, 0.2) is 5.11 Å². The van der Waals surface area contributed by atoms with Crippen LogP contribution in [0.25, 0.3) is 10.4 Å². The molecule has 12 heavy (non-hydrogen) atoms. The number of azide groups is 1. The van der Waals surface area contributed by atoms with Crippen LogP contribution in [0.5, 0.6) is 0 Å². The molecule has 0 aromatic rings. The van der Waals surface area contributed by atoms with Gasteiger partial charge in [-0.2, -0.15) is 0 Å². The average Bonchev–Trinajstić information content (AvgIpc) is 1.97. The second kappa shape index (κ2) is 12.4. The molecule has 0 fully saturated rings. The van der Waals surface area contributed by atoms with Gasteiger partial charge in [-0.15, -0.1) is 0 Å². The van der Waals surface area contributed by atoms with Crippen LogP contribution in [0.4, 0.5) is 0 Å². The zero-order chi connectivity index (χ0) is 9.82. The van der Waals surface area contributed by atoms with E-state index in [1.165, 1.54) is 0 Å². The molecule has 3 N–H and O–H groups in total. The lowest BCUT2D eigenvalue weighted by Gasteiger charge is -1.87. The fourth-order valence-electron chi connectivity index (χ4n) is 0.372. The summed E-state index contributed by atoms with van der Waals surface area (Å²) in [5, 5.41) is 10.8. The maximum Gasteiger partial charge on any atom is 0.300 e. The van der Waals surface area contributed by atoms with Gasteiger partial charge in [-0.3, -0.25) is 4.79 Å². The molecule has 0 amide bonds. The van der Waals surface area contributed by atoms with E-state index in [-0.39, 0.29) is 0 Å². The van der Waals surface area contributed by atoms with Gasteiger partial charge >= 0.3 is 0 Å². The second-order valence-corrected chi connectivity index (χ2v) is 1.97. The predicted octanol–water partition coefficient (Wildman–Crippen LogP) is 1.13. The largest absolute Gasteiger partial charge is 0.481 e. The Bertz CT molecular complexity index is 150. The van der Waals surface area contributed by atoms with E-state index < -0.39 is 5.97 Å². The highest BCUT2D eigenvalue weighted by molar-refractivity contribution is 5.62. The third-order valence-electron chi connectivity index (χ3n) is 0.775. The molecule has 0 atom stereocenters. The van der Waals surface area contributed by atoms with Gasteiger partial charge in [-0.25, -0.2) is 0 Å². The van der Waals surface area contributed by atoms with Crippen molar-refractivity contribution in [2.45, 2.75) is 19.8 Å². The van der Waals surface area contributed by atoms with Crippen molar-refractivity contribution in [1.82, 2.24) is 0 Å². The molecule has 0 bridgehead atoms. The number of nitrogens with zero attached hydrogens (tertiary/aromatic N) is 3. The zero-order valence-corrected chi connectivity index (χ0v) is 7.10. The summed E-state index contributed by atoms with van der Waals surface area (Å²) in [6.07, 6.45) is 1.85. The Morgan fingerprint density at radius 3 is 2.50 bits per heavy atom. The molecule has 0 saturated heterocycles. The summed E-state index contributed by atoms with van der Waals surface area (Å²) >= 11 is 0. The van der Waals surface area contributed by atoms with Crippen LogP contribution < -0.4 is 5.73 Å². The number of rotatable bonds is 4. The summed E-state index contributed by atoms with van der Waals surface area (Å²) in [5.41, 5.74) is 13.0. The number of nitrogens with two attached hydrogens (primary N) is 1. The van der Waals surface area contributed by atoms with E-state index in [4.69, 9.17) is 21.2 Å². The minimum absolute atomic E-state index is 0.577. The van der Waals surface area contributed by atoms with Crippen LogP contribution in [0.3, 0.4) is 0 Å². The monoisotopic (exact) mass is 174 g/mol. The number of hydrogen-bond acceptors (Lipinski definition) is 3. The molecule has 0 unspecified atom stereocenters. The van der Waals surface area contributed by atoms with Gasteiger partial charge in [0.15, 0.2) is 0 Å². The number of carboxylic acid groups (broad SMARTS) is 1. The molecular formula is C6H14N4O2. The highest BCUT2D eigenvalue weighted by Crippen LogP contribution is 1.85. The van der Waals surface area contributed by atoms with E-state index in [0.717, 1.165) is 19.8 Å². The number of carbonyl (C=O) groups is 1. The molecule has 0 aromatic carbocycles. The van der Waals surface area contributed by atoms with Crippen molar-refractivity contribution >= 4 is 5.97 Å². The van der Waals surface area contributed by atoms with Crippen molar-refractivity contribution in [1.29, 1.82) is 0 Å². The summed E-state index contributed by atoms with van der Waals surface area (Å²) in [7, 11) is 0. The highest BCUT2D eigenvalue weighted by atomic mass is 16.4. The van der Waals surface area contributed by atoms with Gasteiger partial charge in [0.1, 0.15) is 0 Å². The average molecular weight is 174 g/mol. The van der Waals surface area contributed by atoms with E-state index in [9.17, 15) is 0 Å². The quantitative estimate of drug-likeness (QED) is 0.288. The molecule has 6 nitrogen and oxygen atoms in total. The van der Waals surface area contributed by atoms with E-state index in [1.807, 2.05) is 0 Å². The summed E-state index contributed by atoms with van der Waals surface area (Å²) in [6, 6.07) is 0. The van der Waals surface area contributed by atoms with Gasteiger partial charge in [0.25, 0.3) is 5.97 Å². The van der Waals surface area contributed by atoms with Crippen LogP contribution in [0.1, 0.15) is 19.8 Å². The predicted molar refractivity (Wildman–Crippen MR) is 45.6 cm³/mol. The fraction of sp³-hybridized carbons (Fsp3) is 0.833. The third kappa shape index (κ3) is 37.4. The molecular weight excluding hydrogens is 160 g/mol. The summed E-state index contributed by atoms with van der Waals surface area (Å²) in [6.45, 7) is 2.34. The van der Waals surface area contributed by atoms with E-state index in [0.29, 0.717) is 13.1 Å². The Kier molecular flexibility index (Phi) is 13.8. The summed E-state index contributed by atoms with van der Waals surface area (Å²) in [4.78, 5) is 11.6. The fourth-order valence-corrected chi connectivity index (χ4v) is 0.372. The Morgan fingerprint density at radius 2 is 2.17 bits per heavy atom. The standard InChI is InChI=1S/C4H10N4.C2H4O2/c5-3-1-2-4-7-8-6;1-2(3)4/h1-5H2;1H3,(H,3,4). The Balaban J connectivity index is 0. The van der Waals surface area contributed by atoms with Gasteiger partial charge in [0.2, 0.25) is 0 Å². The first kappa shape index (κ1) is 13.3. The van der Waals surface area contributed by atoms with Crippen LogP contribution in [-0.2, 0) is 4.79 Å². The lowest BCUT2D eigenvalue weighted by molar-refractivity contribution is -0.134. The Labute approximate surface area is 71.0 Å². The molecule has 0 saturated carbocycles.